The fourth-order valence-electron chi connectivity index (χ4n) is 1.82. The lowest BCUT2D eigenvalue weighted by Gasteiger charge is -2.13. The number of ether oxygens (including phenoxy) is 1. The molecule has 1 aromatic carbocycles. The molecular weight excluding hydrogens is 228 g/mol. The minimum Gasteiger partial charge on any atom is -0.492 e. The van der Waals surface area contributed by atoms with Gasteiger partial charge in [-0.25, -0.2) is 0 Å². The topological polar surface area (TPSA) is 46.5 Å². The Labute approximate surface area is 99.0 Å². The highest BCUT2D eigenvalue weighted by Crippen LogP contribution is 2.49. The first kappa shape index (κ1) is 11.3. The summed E-state index contributed by atoms with van der Waals surface area (Å²) in [5, 5.41) is 9.69. The monoisotopic (exact) mass is 240 g/mol. The molecule has 0 aromatic heterocycles. The van der Waals surface area contributed by atoms with Crippen LogP contribution in [0.5, 0.6) is 5.75 Å². The Morgan fingerprint density at radius 1 is 1.56 bits per heavy atom. The number of hydrogen-bond donors (Lipinski definition) is 1. The quantitative estimate of drug-likeness (QED) is 0.880. The van der Waals surface area contributed by atoms with E-state index in [-0.39, 0.29) is 0 Å². The van der Waals surface area contributed by atoms with Gasteiger partial charge < -0.3 is 9.84 Å². The van der Waals surface area contributed by atoms with Gasteiger partial charge >= 0.3 is 5.97 Å². The van der Waals surface area contributed by atoms with Gasteiger partial charge in [-0.3, -0.25) is 4.79 Å². The molecule has 3 nitrogen and oxygen atoms in total. The van der Waals surface area contributed by atoms with Crippen LogP contribution in [-0.4, -0.2) is 17.7 Å². The summed E-state index contributed by atoms with van der Waals surface area (Å²) in [7, 11) is 0. The summed E-state index contributed by atoms with van der Waals surface area (Å²) in [6.07, 6.45) is 1.38. The molecule has 1 aliphatic rings. The average molecular weight is 241 g/mol. The molecule has 0 spiro atoms. The van der Waals surface area contributed by atoms with Crippen molar-refractivity contribution in [1.82, 2.24) is 0 Å². The molecule has 4 heteroatoms. The smallest absolute Gasteiger partial charge is 0.314 e. The summed E-state index contributed by atoms with van der Waals surface area (Å²) in [4.78, 5) is 11.2. The summed E-state index contributed by atoms with van der Waals surface area (Å²) < 4.78 is 5.36. The van der Waals surface area contributed by atoms with Crippen molar-refractivity contribution in [2.75, 3.05) is 6.61 Å². The van der Waals surface area contributed by atoms with Gasteiger partial charge in [-0.15, -0.1) is 0 Å². The third kappa shape index (κ3) is 1.76. The maximum absolute atomic E-state index is 11.2. The number of carbonyl (C=O) groups is 1. The molecule has 0 bridgehead atoms. The fraction of sp³-hybridized carbons (Fsp3) is 0.417. The second kappa shape index (κ2) is 3.98. The van der Waals surface area contributed by atoms with Crippen molar-refractivity contribution in [3.8, 4) is 5.75 Å². The first-order valence-electron chi connectivity index (χ1n) is 5.26. The Kier molecular flexibility index (Phi) is 2.80. The molecule has 0 unspecified atom stereocenters. The third-order valence-corrected chi connectivity index (χ3v) is 3.26. The van der Waals surface area contributed by atoms with E-state index in [2.05, 4.69) is 0 Å². The van der Waals surface area contributed by atoms with Crippen molar-refractivity contribution in [2.24, 2.45) is 0 Å². The number of carboxylic acids is 1. The molecular formula is C12H13ClO3. The highest BCUT2D eigenvalue weighted by molar-refractivity contribution is 6.32. The van der Waals surface area contributed by atoms with Crippen LogP contribution in [0.3, 0.4) is 0 Å². The normalized spacial score (nSPS) is 16.9. The molecule has 1 saturated carbocycles. The van der Waals surface area contributed by atoms with Gasteiger partial charge in [-0.2, -0.15) is 0 Å². The van der Waals surface area contributed by atoms with Crippen LogP contribution in [0.4, 0.5) is 0 Å². The maximum atomic E-state index is 11.2. The van der Waals surface area contributed by atoms with Gasteiger partial charge in [0.25, 0.3) is 0 Å². The molecule has 86 valence electrons. The standard InChI is InChI=1S/C12H13ClO3/c1-2-16-10-7-8(3-4-9(10)13)12(5-6-12)11(14)15/h3-4,7H,2,5-6H2,1H3,(H,14,15). The van der Waals surface area contributed by atoms with E-state index in [1.165, 1.54) is 0 Å². The highest BCUT2D eigenvalue weighted by Gasteiger charge is 2.51. The molecule has 16 heavy (non-hydrogen) atoms. The molecule has 0 saturated heterocycles. The summed E-state index contributed by atoms with van der Waals surface area (Å²) in [6, 6.07) is 5.21. The SMILES string of the molecule is CCOc1cc(C2(C(=O)O)CC2)ccc1Cl. The molecule has 0 atom stereocenters. The summed E-state index contributed by atoms with van der Waals surface area (Å²) in [5.74, 6) is -0.202. The minimum atomic E-state index is -0.766. The predicted molar refractivity (Wildman–Crippen MR) is 61.2 cm³/mol. The van der Waals surface area contributed by atoms with Gasteiger partial charge in [0, 0.05) is 0 Å². The van der Waals surface area contributed by atoms with Gasteiger partial charge in [0.15, 0.2) is 0 Å². The van der Waals surface area contributed by atoms with Crippen molar-refractivity contribution in [3.63, 3.8) is 0 Å². The Hall–Kier alpha value is -1.22. The molecule has 1 N–H and O–H groups in total. The third-order valence-electron chi connectivity index (χ3n) is 2.94. The fourth-order valence-corrected chi connectivity index (χ4v) is 1.99. The maximum Gasteiger partial charge on any atom is 0.314 e. The van der Waals surface area contributed by atoms with Crippen LogP contribution >= 0.6 is 11.6 Å². The van der Waals surface area contributed by atoms with Gasteiger partial charge in [0.05, 0.1) is 17.0 Å². The zero-order valence-electron chi connectivity index (χ0n) is 9.00. The number of hydrogen-bond acceptors (Lipinski definition) is 2. The lowest BCUT2D eigenvalue weighted by Crippen LogP contribution is -2.19. The summed E-state index contributed by atoms with van der Waals surface area (Å²) >= 11 is 5.95. The van der Waals surface area contributed by atoms with E-state index in [0.717, 1.165) is 5.56 Å². The highest BCUT2D eigenvalue weighted by atomic mass is 35.5. The molecule has 0 heterocycles. The largest absolute Gasteiger partial charge is 0.492 e. The van der Waals surface area contributed by atoms with Gasteiger partial charge in [0.1, 0.15) is 5.75 Å². The van der Waals surface area contributed by atoms with Crippen LogP contribution in [0.1, 0.15) is 25.3 Å². The molecule has 0 amide bonds. The van der Waals surface area contributed by atoms with Crippen molar-refractivity contribution < 1.29 is 14.6 Å². The minimum absolute atomic E-state index is 0.517. The van der Waals surface area contributed by atoms with Crippen LogP contribution in [0.2, 0.25) is 5.02 Å². The predicted octanol–water partition coefficient (Wildman–Crippen LogP) is 2.85. The first-order chi connectivity index (χ1) is 7.60. The second-order valence-corrected chi connectivity index (χ2v) is 4.37. The Morgan fingerprint density at radius 2 is 2.25 bits per heavy atom. The van der Waals surface area contributed by atoms with Crippen LogP contribution in [0.25, 0.3) is 0 Å². The van der Waals surface area contributed by atoms with Crippen LogP contribution in [0.15, 0.2) is 18.2 Å². The Balaban J connectivity index is 2.36. The van der Waals surface area contributed by atoms with Crippen LogP contribution < -0.4 is 4.74 Å². The average Bonchev–Trinajstić information content (AvgIpc) is 3.02. The van der Waals surface area contributed by atoms with E-state index in [1.54, 1.807) is 18.2 Å². The number of benzene rings is 1. The zero-order valence-corrected chi connectivity index (χ0v) is 9.75. The van der Waals surface area contributed by atoms with E-state index in [9.17, 15) is 9.90 Å². The number of carboxylic acid groups (broad SMARTS) is 1. The van der Waals surface area contributed by atoms with Gasteiger partial charge in [0.2, 0.25) is 0 Å². The Morgan fingerprint density at radius 3 is 2.75 bits per heavy atom. The number of aliphatic carboxylic acids is 1. The van der Waals surface area contributed by atoms with E-state index < -0.39 is 11.4 Å². The first-order valence-corrected chi connectivity index (χ1v) is 5.64. The molecule has 0 radical (unpaired) electrons. The number of halogens is 1. The Bertz CT molecular complexity index is 424. The zero-order chi connectivity index (χ0) is 11.8. The van der Waals surface area contributed by atoms with Crippen molar-refractivity contribution in [2.45, 2.75) is 25.2 Å². The van der Waals surface area contributed by atoms with E-state index in [0.29, 0.717) is 30.2 Å². The van der Waals surface area contributed by atoms with Crippen molar-refractivity contribution >= 4 is 17.6 Å². The summed E-state index contributed by atoms with van der Waals surface area (Å²) in [6.45, 7) is 2.39. The van der Waals surface area contributed by atoms with Crippen molar-refractivity contribution in [3.05, 3.63) is 28.8 Å². The molecule has 2 rings (SSSR count). The molecule has 1 aliphatic carbocycles. The van der Waals surface area contributed by atoms with Gasteiger partial charge in [-0.1, -0.05) is 17.7 Å². The molecule has 1 fully saturated rings. The van der Waals surface area contributed by atoms with E-state index in [1.807, 2.05) is 6.92 Å². The lowest BCUT2D eigenvalue weighted by molar-refractivity contribution is -0.140. The van der Waals surface area contributed by atoms with Crippen LogP contribution in [0, 0.1) is 0 Å². The van der Waals surface area contributed by atoms with E-state index >= 15 is 0 Å². The number of rotatable bonds is 4. The summed E-state index contributed by atoms with van der Waals surface area (Å²) in [5.41, 5.74) is 0.0871. The lowest BCUT2D eigenvalue weighted by atomic mass is 9.96. The van der Waals surface area contributed by atoms with E-state index in [4.69, 9.17) is 16.3 Å². The van der Waals surface area contributed by atoms with Gasteiger partial charge in [-0.05, 0) is 37.5 Å². The van der Waals surface area contributed by atoms with Crippen molar-refractivity contribution in [1.29, 1.82) is 0 Å². The molecule has 0 aliphatic heterocycles. The molecule has 1 aromatic rings. The second-order valence-electron chi connectivity index (χ2n) is 3.97. The van der Waals surface area contributed by atoms with Crippen LogP contribution in [-0.2, 0) is 10.2 Å².